The van der Waals surface area contributed by atoms with E-state index in [1.807, 2.05) is 20.8 Å². The molecule has 0 aromatic carbocycles. The predicted octanol–water partition coefficient (Wildman–Crippen LogP) is 1.94. The fourth-order valence-corrected chi connectivity index (χ4v) is 2.08. The number of nitrogens with zero attached hydrogens (tertiary/aromatic N) is 2. The van der Waals surface area contributed by atoms with Crippen LogP contribution >= 0.6 is 0 Å². The van der Waals surface area contributed by atoms with Gasteiger partial charge in [-0.25, -0.2) is 0 Å². The van der Waals surface area contributed by atoms with Crippen molar-refractivity contribution in [3.05, 3.63) is 17.0 Å². The summed E-state index contributed by atoms with van der Waals surface area (Å²) < 4.78 is 5.05. The van der Waals surface area contributed by atoms with E-state index in [1.54, 1.807) is 11.8 Å². The van der Waals surface area contributed by atoms with Gasteiger partial charge in [0.15, 0.2) is 0 Å². The zero-order valence-electron chi connectivity index (χ0n) is 12.5. The maximum atomic E-state index is 12.3. The van der Waals surface area contributed by atoms with Gasteiger partial charge < -0.3 is 14.5 Å². The third-order valence-corrected chi connectivity index (χ3v) is 3.24. The normalized spacial score (nSPS) is 10.8. The van der Waals surface area contributed by atoms with Crippen molar-refractivity contribution in [3.63, 3.8) is 0 Å². The molecule has 0 spiro atoms. The number of aliphatic carboxylic acids is 1. The molecule has 1 aromatic rings. The van der Waals surface area contributed by atoms with E-state index in [4.69, 9.17) is 9.63 Å². The zero-order valence-corrected chi connectivity index (χ0v) is 12.5. The molecular formula is C14H22N2O4. The molecule has 0 aliphatic heterocycles. The monoisotopic (exact) mass is 282 g/mol. The van der Waals surface area contributed by atoms with Crippen LogP contribution in [-0.4, -0.2) is 39.6 Å². The number of aromatic nitrogens is 1. The van der Waals surface area contributed by atoms with Crippen molar-refractivity contribution in [1.82, 2.24) is 10.1 Å². The highest BCUT2D eigenvalue weighted by molar-refractivity contribution is 5.79. The molecule has 20 heavy (non-hydrogen) atoms. The van der Waals surface area contributed by atoms with E-state index in [2.05, 4.69) is 5.16 Å². The molecule has 0 aliphatic carbocycles. The van der Waals surface area contributed by atoms with Crippen molar-refractivity contribution in [2.75, 3.05) is 6.54 Å². The molecule has 0 atom stereocenters. The lowest BCUT2D eigenvalue weighted by Crippen LogP contribution is -2.39. The Balaban J connectivity index is 2.67. The van der Waals surface area contributed by atoms with Crippen LogP contribution < -0.4 is 0 Å². The summed E-state index contributed by atoms with van der Waals surface area (Å²) in [4.78, 5) is 24.6. The number of carboxylic acids is 1. The first-order chi connectivity index (χ1) is 9.32. The van der Waals surface area contributed by atoms with Gasteiger partial charge in [-0.05, 0) is 34.1 Å². The van der Waals surface area contributed by atoms with Gasteiger partial charge >= 0.3 is 5.97 Å². The van der Waals surface area contributed by atoms with Gasteiger partial charge in [0.25, 0.3) is 0 Å². The average molecular weight is 282 g/mol. The molecular weight excluding hydrogens is 260 g/mol. The Morgan fingerprint density at radius 2 is 2.00 bits per heavy atom. The van der Waals surface area contributed by atoms with E-state index in [1.165, 1.54) is 0 Å². The number of carbonyl (C=O) groups excluding carboxylic acids is 1. The van der Waals surface area contributed by atoms with Crippen LogP contribution in [0.4, 0.5) is 0 Å². The number of aryl methyl sites for hydroxylation is 2. The second kappa shape index (κ2) is 7.07. The first kappa shape index (κ1) is 16.2. The summed E-state index contributed by atoms with van der Waals surface area (Å²) in [6.07, 6.45) is 0.773. The molecule has 1 aromatic heterocycles. The number of rotatable bonds is 7. The molecule has 1 heterocycles. The van der Waals surface area contributed by atoms with E-state index >= 15 is 0 Å². The van der Waals surface area contributed by atoms with Crippen LogP contribution in [0.5, 0.6) is 0 Å². The van der Waals surface area contributed by atoms with Gasteiger partial charge in [0.1, 0.15) is 5.76 Å². The lowest BCUT2D eigenvalue weighted by atomic mass is 10.1. The molecule has 0 bridgehead atoms. The van der Waals surface area contributed by atoms with Gasteiger partial charge in [0.05, 0.1) is 12.1 Å². The number of hydrogen-bond acceptors (Lipinski definition) is 4. The van der Waals surface area contributed by atoms with Crippen LogP contribution in [0.1, 0.15) is 43.7 Å². The molecule has 6 heteroatoms. The number of amides is 1. The second-order valence-corrected chi connectivity index (χ2v) is 5.16. The van der Waals surface area contributed by atoms with Crippen molar-refractivity contribution in [1.29, 1.82) is 0 Å². The molecule has 1 rings (SSSR count). The average Bonchev–Trinajstić information content (AvgIpc) is 2.65. The third kappa shape index (κ3) is 4.36. The van der Waals surface area contributed by atoms with Crippen LogP contribution in [0.2, 0.25) is 0 Å². The molecule has 0 saturated carbocycles. The summed E-state index contributed by atoms with van der Waals surface area (Å²) in [5, 5.41) is 12.5. The minimum absolute atomic E-state index is 0.0280. The number of hydrogen-bond donors (Lipinski definition) is 1. The van der Waals surface area contributed by atoms with E-state index in [0.29, 0.717) is 18.7 Å². The van der Waals surface area contributed by atoms with Gasteiger partial charge in [-0.2, -0.15) is 0 Å². The fraction of sp³-hybridized carbons (Fsp3) is 0.643. The maximum Gasteiger partial charge on any atom is 0.303 e. The van der Waals surface area contributed by atoms with E-state index in [-0.39, 0.29) is 24.8 Å². The lowest BCUT2D eigenvalue weighted by molar-refractivity contribution is -0.138. The summed E-state index contributed by atoms with van der Waals surface area (Å²) in [6, 6.07) is 0.0387. The molecule has 1 amide bonds. The van der Waals surface area contributed by atoms with Crippen molar-refractivity contribution >= 4 is 11.9 Å². The highest BCUT2D eigenvalue weighted by atomic mass is 16.5. The Bertz CT molecular complexity index is 460. The third-order valence-electron chi connectivity index (χ3n) is 3.24. The van der Waals surface area contributed by atoms with Gasteiger partial charge in [-0.1, -0.05) is 5.16 Å². The Hall–Kier alpha value is -1.85. The first-order valence-electron chi connectivity index (χ1n) is 6.76. The van der Waals surface area contributed by atoms with Crippen molar-refractivity contribution in [2.24, 2.45) is 0 Å². The Morgan fingerprint density at radius 3 is 2.45 bits per heavy atom. The summed E-state index contributed by atoms with van der Waals surface area (Å²) in [5.41, 5.74) is 1.55. The molecule has 0 aliphatic rings. The molecule has 0 saturated heterocycles. The molecule has 0 unspecified atom stereocenters. The minimum atomic E-state index is -0.841. The lowest BCUT2D eigenvalue weighted by Gasteiger charge is -2.26. The molecule has 1 N–H and O–H groups in total. The van der Waals surface area contributed by atoms with Gasteiger partial charge in [-0.3, -0.25) is 9.59 Å². The molecule has 0 fully saturated rings. The Kier molecular flexibility index (Phi) is 5.73. The summed E-state index contributed by atoms with van der Waals surface area (Å²) in [6.45, 7) is 7.89. The quantitative estimate of drug-likeness (QED) is 0.826. The smallest absolute Gasteiger partial charge is 0.303 e. The van der Waals surface area contributed by atoms with Crippen molar-refractivity contribution in [3.8, 4) is 0 Å². The maximum absolute atomic E-state index is 12.3. The van der Waals surface area contributed by atoms with Gasteiger partial charge in [0, 0.05) is 24.6 Å². The van der Waals surface area contributed by atoms with Crippen molar-refractivity contribution in [2.45, 2.75) is 53.0 Å². The van der Waals surface area contributed by atoms with Crippen molar-refractivity contribution < 1.29 is 19.2 Å². The van der Waals surface area contributed by atoms with Gasteiger partial charge in [-0.15, -0.1) is 0 Å². The number of carbonyl (C=O) groups is 2. The standard InChI is InChI=1S/C14H22N2O4/c1-9(2)16(7-5-6-14(18)19)13(17)8-12-10(3)15-20-11(12)4/h9H,5-8H2,1-4H3,(H,18,19). The van der Waals surface area contributed by atoms with E-state index in [9.17, 15) is 9.59 Å². The highest BCUT2D eigenvalue weighted by Gasteiger charge is 2.20. The van der Waals surface area contributed by atoms with Crippen LogP contribution in [-0.2, 0) is 16.0 Å². The highest BCUT2D eigenvalue weighted by Crippen LogP contribution is 2.15. The zero-order chi connectivity index (χ0) is 15.3. The Morgan fingerprint density at radius 1 is 1.35 bits per heavy atom. The topological polar surface area (TPSA) is 83.6 Å². The number of carboxylic acid groups (broad SMARTS) is 1. The minimum Gasteiger partial charge on any atom is -0.481 e. The molecule has 0 radical (unpaired) electrons. The Labute approximate surface area is 118 Å². The van der Waals surface area contributed by atoms with Crippen LogP contribution in [0.15, 0.2) is 4.52 Å². The first-order valence-corrected chi connectivity index (χ1v) is 6.76. The summed E-state index contributed by atoms with van der Waals surface area (Å²) in [5.74, 6) is -0.211. The summed E-state index contributed by atoms with van der Waals surface area (Å²) in [7, 11) is 0. The van der Waals surface area contributed by atoms with E-state index < -0.39 is 5.97 Å². The summed E-state index contributed by atoms with van der Waals surface area (Å²) >= 11 is 0. The van der Waals surface area contributed by atoms with Gasteiger partial charge in [0.2, 0.25) is 5.91 Å². The SMILES string of the molecule is Cc1noc(C)c1CC(=O)N(CCCC(=O)O)C(C)C. The molecule has 112 valence electrons. The fourth-order valence-electron chi connectivity index (χ4n) is 2.08. The van der Waals surface area contributed by atoms with Crippen LogP contribution in [0, 0.1) is 13.8 Å². The second-order valence-electron chi connectivity index (χ2n) is 5.16. The molecule has 6 nitrogen and oxygen atoms in total. The van der Waals surface area contributed by atoms with Crippen LogP contribution in [0.3, 0.4) is 0 Å². The largest absolute Gasteiger partial charge is 0.481 e. The predicted molar refractivity (Wildman–Crippen MR) is 73.4 cm³/mol. The van der Waals surface area contributed by atoms with Crippen LogP contribution in [0.25, 0.3) is 0 Å². The van der Waals surface area contributed by atoms with E-state index in [0.717, 1.165) is 11.3 Å².